The van der Waals surface area contributed by atoms with Gasteiger partial charge in [0.05, 0.1) is 23.4 Å². The van der Waals surface area contributed by atoms with Gasteiger partial charge in [-0.05, 0) is 49.0 Å². The molecule has 25 heavy (non-hydrogen) atoms. The predicted molar refractivity (Wildman–Crippen MR) is 102 cm³/mol. The van der Waals surface area contributed by atoms with Gasteiger partial charge in [0.2, 0.25) is 0 Å². The Morgan fingerprint density at radius 1 is 1.36 bits per heavy atom. The molecule has 6 nitrogen and oxygen atoms in total. The third kappa shape index (κ3) is 5.44. The highest BCUT2D eigenvalue weighted by Crippen LogP contribution is 2.36. The van der Waals surface area contributed by atoms with Crippen molar-refractivity contribution in [3.8, 4) is 11.5 Å². The first-order valence-electron chi connectivity index (χ1n) is 7.33. The number of nitrogens with zero attached hydrogens (tertiary/aromatic N) is 1. The normalized spacial score (nSPS) is 10.5. The van der Waals surface area contributed by atoms with Crippen molar-refractivity contribution in [3.63, 3.8) is 0 Å². The molecule has 0 aliphatic rings. The largest absolute Gasteiger partial charge is 0.490 e. The average Bonchev–Trinajstić information content (AvgIpc) is 2.58. The van der Waals surface area contributed by atoms with Crippen molar-refractivity contribution >= 4 is 41.1 Å². The second-order valence-electron chi connectivity index (χ2n) is 4.75. The molecule has 2 rings (SSSR count). The van der Waals surface area contributed by atoms with E-state index in [4.69, 9.17) is 26.8 Å². The van der Waals surface area contributed by atoms with Gasteiger partial charge in [0, 0.05) is 0 Å². The number of hydrazone groups is 1. The summed E-state index contributed by atoms with van der Waals surface area (Å²) >= 11 is 10.9. The maximum atomic E-state index is 12.3. The number of esters is 1. The number of halogens is 1. The number of nitrogens with one attached hydrogen (secondary N) is 1. The number of rotatable bonds is 6. The molecule has 0 unspecified atom stereocenters. The van der Waals surface area contributed by atoms with E-state index in [0.29, 0.717) is 23.5 Å². The van der Waals surface area contributed by atoms with Crippen molar-refractivity contribution < 1.29 is 14.3 Å². The number of carbonyl (C=O) groups is 1. The van der Waals surface area contributed by atoms with Gasteiger partial charge >= 0.3 is 5.97 Å². The first-order chi connectivity index (χ1) is 12.0. The monoisotopic (exact) mass is 377 g/mol. The van der Waals surface area contributed by atoms with Crippen LogP contribution < -0.4 is 20.6 Å². The van der Waals surface area contributed by atoms with Crippen molar-refractivity contribution in [2.75, 3.05) is 6.61 Å². The summed E-state index contributed by atoms with van der Waals surface area (Å²) in [6.45, 7) is 2.18. The molecule has 0 heterocycles. The molecule has 0 spiro atoms. The molecule has 8 heteroatoms. The number of thiocarbonyl (C=S) groups is 1. The fourth-order valence-corrected chi connectivity index (χ4v) is 2.23. The van der Waals surface area contributed by atoms with Crippen LogP contribution in [-0.2, 0) is 0 Å². The summed E-state index contributed by atoms with van der Waals surface area (Å²) in [6.07, 6.45) is 1.47. The van der Waals surface area contributed by atoms with Gasteiger partial charge < -0.3 is 15.2 Å². The number of ether oxygens (including phenoxy) is 2. The lowest BCUT2D eigenvalue weighted by Gasteiger charge is -2.13. The van der Waals surface area contributed by atoms with Crippen LogP contribution in [0.15, 0.2) is 47.6 Å². The minimum atomic E-state index is -0.528. The molecule has 0 aliphatic carbocycles. The van der Waals surface area contributed by atoms with Crippen LogP contribution in [0, 0.1) is 0 Å². The molecule has 0 aliphatic heterocycles. The van der Waals surface area contributed by atoms with Crippen LogP contribution in [0.25, 0.3) is 0 Å². The molecule has 0 aromatic heterocycles. The first kappa shape index (κ1) is 18.7. The van der Waals surface area contributed by atoms with E-state index in [2.05, 4.69) is 22.7 Å². The maximum absolute atomic E-state index is 12.3. The Labute approximate surface area is 155 Å². The number of nitrogens with two attached hydrogens (primary N) is 1. The van der Waals surface area contributed by atoms with Crippen LogP contribution in [0.2, 0.25) is 5.02 Å². The van der Waals surface area contributed by atoms with Crippen LogP contribution >= 0.6 is 23.8 Å². The molecular formula is C17H16ClN3O3S. The van der Waals surface area contributed by atoms with Crippen molar-refractivity contribution in [3.05, 3.63) is 58.6 Å². The second-order valence-corrected chi connectivity index (χ2v) is 5.60. The van der Waals surface area contributed by atoms with Crippen LogP contribution in [0.5, 0.6) is 11.5 Å². The lowest BCUT2D eigenvalue weighted by molar-refractivity contribution is 0.0728. The highest BCUT2D eigenvalue weighted by Gasteiger charge is 2.17. The fourth-order valence-electron chi connectivity index (χ4n) is 1.92. The molecule has 0 bridgehead atoms. The van der Waals surface area contributed by atoms with Gasteiger partial charge in [0.25, 0.3) is 0 Å². The summed E-state index contributed by atoms with van der Waals surface area (Å²) in [5, 5.41) is 4.12. The van der Waals surface area contributed by atoms with Crippen molar-refractivity contribution in [1.29, 1.82) is 0 Å². The molecule has 2 aromatic rings. The van der Waals surface area contributed by atoms with Crippen molar-refractivity contribution in [2.24, 2.45) is 10.8 Å². The Morgan fingerprint density at radius 3 is 2.72 bits per heavy atom. The summed E-state index contributed by atoms with van der Waals surface area (Å²) in [5.74, 6) is -0.0482. The van der Waals surface area contributed by atoms with E-state index in [1.165, 1.54) is 6.21 Å². The zero-order valence-corrected chi connectivity index (χ0v) is 14.9. The molecule has 0 saturated carbocycles. The molecule has 130 valence electrons. The van der Waals surface area contributed by atoms with E-state index in [1.54, 1.807) is 36.4 Å². The SMILES string of the molecule is CCOc1cc(/C=N/NC(N)=S)cc(Cl)c1OC(=O)c1ccccc1. The Kier molecular flexibility index (Phi) is 6.73. The zero-order chi connectivity index (χ0) is 18.2. The maximum Gasteiger partial charge on any atom is 0.343 e. The summed E-state index contributed by atoms with van der Waals surface area (Å²) in [5.41, 5.74) is 8.77. The second kappa shape index (κ2) is 9.00. The molecule has 2 aromatic carbocycles. The van der Waals surface area contributed by atoms with Gasteiger partial charge in [-0.1, -0.05) is 29.8 Å². The van der Waals surface area contributed by atoms with Crippen molar-refractivity contribution in [1.82, 2.24) is 5.43 Å². The molecule has 0 atom stereocenters. The van der Waals surface area contributed by atoms with Crippen LogP contribution in [-0.4, -0.2) is 23.9 Å². The molecule has 0 fully saturated rings. The van der Waals surface area contributed by atoms with Crippen LogP contribution in [0.4, 0.5) is 0 Å². The molecule has 0 radical (unpaired) electrons. The lowest BCUT2D eigenvalue weighted by atomic mass is 10.2. The average molecular weight is 378 g/mol. The molecule has 0 saturated heterocycles. The Morgan fingerprint density at radius 2 is 2.08 bits per heavy atom. The lowest BCUT2D eigenvalue weighted by Crippen LogP contribution is -2.24. The summed E-state index contributed by atoms with van der Waals surface area (Å²) in [4.78, 5) is 12.3. The predicted octanol–water partition coefficient (Wildman–Crippen LogP) is 3.13. The minimum absolute atomic E-state index is 0.0424. The third-order valence-electron chi connectivity index (χ3n) is 2.92. The van der Waals surface area contributed by atoms with Crippen LogP contribution in [0.3, 0.4) is 0 Å². The Hall–Kier alpha value is -2.64. The van der Waals surface area contributed by atoms with Gasteiger partial charge in [0.15, 0.2) is 16.6 Å². The number of hydrogen-bond acceptors (Lipinski definition) is 5. The van der Waals surface area contributed by atoms with Gasteiger partial charge in [0.1, 0.15) is 0 Å². The van der Waals surface area contributed by atoms with Gasteiger partial charge in [-0.25, -0.2) is 4.79 Å². The zero-order valence-electron chi connectivity index (χ0n) is 13.4. The quantitative estimate of drug-likeness (QED) is 0.264. The van der Waals surface area contributed by atoms with E-state index in [9.17, 15) is 4.79 Å². The minimum Gasteiger partial charge on any atom is -0.490 e. The Bertz CT molecular complexity index is 797. The highest BCUT2D eigenvalue weighted by molar-refractivity contribution is 7.80. The van der Waals surface area contributed by atoms with E-state index < -0.39 is 5.97 Å². The summed E-state index contributed by atoms with van der Waals surface area (Å²) in [6, 6.07) is 11.8. The summed E-state index contributed by atoms with van der Waals surface area (Å²) in [7, 11) is 0. The van der Waals surface area contributed by atoms with E-state index >= 15 is 0 Å². The Balaban J connectivity index is 2.29. The smallest absolute Gasteiger partial charge is 0.343 e. The van der Waals surface area contributed by atoms with E-state index in [0.717, 1.165) is 0 Å². The fraction of sp³-hybridized carbons (Fsp3) is 0.118. The molecular weight excluding hydrogens is 362 g/mol. The third-order valence-corrected chi connectivity index (χ3v) is 3.30. The molecule has 0 amide bonds. The molecule has 3 N–H and O–H groups in total. The van der Waals surface area contributed by atoms with Gasteiger partial charge in [-0.15, -0.1) is 0 Å². The highest BCUT2D eigenvalue weighted by atomic mass is 35.5. The topological polar surface area (TPSA) is 85.9 Å². The number of benzene rings is 2. The standard InChI is InChI=1S/C17H16ClN3O3S/c1-2-23-14-9-11(10-20-21-17(19)25)8-13(18)15(14)24-16(22)12-6-4-3-5-7-12/h3-10H,2H2,1H3,(H3,19,21,25)/b20-10+. The van der Waals surface area contributed by atoms with E-state index in [-0.39, 0.29) is 15.9 Å². The number of carbonyl (C=O) groups excluding carboxylic acids is 1. The van der Waals surface area contributed by atoms with E-state index in [1.807, 2.05) is 13.0 Å². The summed E-state index contributed by atoms with van der Waals surface area (Å²) < 4.78 is 10.9. The van der Waals surface area contributed by atoms with Crippen molar-refractivity contribution in [2.45, 2.75) is 6.92 Å². The van der Waals surface area contributed by atoms with Gasteiger partial charge in [-0.2, -0.15) is 5.10 Å². The van der Waals surface area contributed by atoms with Crippen LogP contribution in [0.1, 0.15) is 22.8 Å². The number of hydrogen-bond donors (Lipinski definition) is 2. The first-order valence-corrected chi connectivity index (χ1v) is 8.12. The van der Waals surface area contributed by atoms with Gasteiger partial charge in [-0.3, -0.25) is 5.43 Å².